The summed E-state index contributed by atoms with van der Waals surface area (Å²) >= 11 is 0. The maximum absolute atomic E-state index is 12.1. The summed E-state index contributed by atoms with van der Waals surface area (Å²) in [6.07, 6.45) is 4.68. The van der Waals surface area contributed by atoms with Gasteiger partial charge in [0.1, 0.15) is 0 Å². The molecule has 0 radical (unpaired) electrons. The highest BCUT2D eigenvalue weighted by molar-refractivity contribution is 4.92. The van der Waals surface area contributed by atoms with Crippen molar-refractivity contribution < 1.29 is 8.78 Å². The van der Waals surface area contributed by atoms with Gasteiger partial charge in [0.15, 0.2) is 0 Å². The summed E-state index contributed by atoms with van der Waals surface area (Å²) in [6, 6.07) is -1.21. The Morgan fingerprint density at radius 2 is 2.22 bits per heavy atom. The van der Waals surface area contributed by atoms with Gasteiger partial charge in [-0.05, 0) is 0 Å². The van der Waals surface area contributed by atoms with E-state index in [1.54, 1.807) is 0 Å². The summed E-state index contributed by atoms with van der Waals surface area (Å²) in [5.41, 5.74) is 4.97. The van der Waals surface area contributed by atoms with E-state index in [0.717, 1.165) is 6.92 Å². The van der Waals surface area contributed by atoms with Crippen LogP contribution in [0.15, 0.2) is 0 Å². The van der Waals surface area contributed by atoms with Gasteiger partial charge >= 0.3 is 0 Å². The van der Waals surface area contributed by atoms with E-state index in [9.17, 15) is 8.78 Å². The third kappa shape index (κ3) is 3.04. The van der Waals surface area contributed by atoms with Crippen LogP contribution in [-0.2, 0) is 0 Å². The lowest BCUT2D eigenvalue weighted by molar-refractivity contribution is -0.00368. The second kappa shape index (κ2) is 2.79. The molecule has 52 valence electrons. The number of hydrogen-bond acceptors (Lipinski definition) is 1. The van der Waals surface area contributed by atoms with E-state index in [0.29, 0.717) is 0 Å². The Labute approximate surface area is 53.2 Å². The zero-order valence-corrected chi connectivity index (χ0v) is 5.20. The fourth-order valence-electron chi connectivity index (χ4n) is 0.306. The maximum Gasteiger partial charge on any atom is 0.261 e. The standard InChI is InChI=1S/C6H9F2N/c1-3-4-5(9)6(2,7)8/h1,5H,4,9H2,2H3. The summed E-state index contributed by atoms with van der Waals surface area (Å²) in [6.45, 7) is 0.759. The molecule has 9 heavy (non-hydrogen) atoms. The van der Waals surface area contributed by atoms with Crippen molar-refractivity contribution in [3.05, 3.63) is 0 Å². The molecule has 0 aromatic rings. The molecular formula is C6H9F2N. The smallest absolute Gasteiger partial charge is 0.261 e. The lowest BCUT2D eigenvalue weighted by Gasteiger charge is -2.15. The number of halogens is 2. The third-order valence-electron chi connectivity index (χ3n) is 0.989. The van der Waals surface area contributed by atoms with Gasteiger partial charge in [-0.15, -0.1) is 12.3 Å². The highest BCUT2D eigenvalue weighted by atomic mass is 19.3. The van der Waals surface area contributed by atoms with Gasteiger partial charge in [0.25, 0.3) is 5.92 Å². The van der Waals surface area contributed by atoms with Crippen molar-refractivity contribution in [2.75, 3.05) is 0 Å². The molecule has 0 saturated carbocycles. The van der Waals surface area contributed by atoms with Crippen LogP contribution in [0.5, 0.6) is 0 Å². The SMILES string of the molecule is C#CCC(N)C(C)(F)F. The molecule has 0 spiro atoms. The number of alkyl halides is 2. The number of rotatable bonds is 2. The second-order valence-electron chi connectivity index (χ2n) is 1.97. The van der Waals surface area contributed by atoms with Crippen LogP contribution in [0.2, 0.25) is 0 Å². The van der Waals surface area contributed by atoms with Crippen molar-refractivity contribution in [3.8, 4) is 12.3 Å². The molecule has 0 aliphatic heterocycles. The predicted octanol–water partition coefficient (Wildman–Crippen LogP) is 0.992. The summed E-state index contributed by atoms with van der Waals surface area (Å²) in [5, 5.41) is 0. The van der Waals surface area contributed by atoms with Gasteiger partial charge in [-0.2, -0.15) is 0 Å². The van der Waals surface area contributed by atoms with Crippen molar-refractivity contribution in [2.24, 2.45) is 5.73 Å². The van der Waals surface area contributed by atoms with Crippen molar-refractivity contribution in [2.45, 2.75) is 25.3 Å². The highest BCUT2D eigenvalue weighted by Crippen LogP contribution is 2.16. The Hall–Kier alpha value is -0.620. The van der Waals surface area contributed by atoms with Gasteiger partial charge in [-0.25, -0.2) is 8.78 Å². The van der Waals surface area contributed by atoms with E-state index >= 15 is 0 Å². The van der Waals surface area contributed by atoms with Crippen LogP contribution in [0.1, 0.15) is 13.3 Å². The fourth-order valence-corrected chi connectivity index (χ4v) is 0.306. The van der Waals surface area contributed by atoms with E-state index in [1.165, 1.54) is 0 Å². The highest BCUT2D eigenvalue weighted by Gasteiger charge is 2.29. The molecule has 0 bridgehead atoms. The summed E-state index contributed by atoms with van der Waals surface area (Å²) in [7, 11) is 0. The average molecular weight is 133 g/mol. The molecule has 1 nitrogen and oxygen atoms in total. The van der Waals surface area contributed by atoms with E-state index in [-0.39, 0.29) is 6.42 Å². The molecule has 0 aromatic carbocycles. The first kappa shape index (κ1) is 8.38. The van der Waals surface area contributed by atoms with Gasteiger partial charge in [0.05, 0.1) is 6.04 Å². The molecule has 0 aliphatic rings. The van der Waals surface area contributed by atoms with Gasteiger partial charge < -0.3 is 5.73 Å². The van der Waals surface area contributed by atoms with Crippen molar-refractivity contribution >= 4 is 0 Å². The normalized spacial score (nSPS) is 14.6. The van der Waals surface area contributed by atoms with Gasteiger partial charge in [0, 0.05) is 13.3 Å². The topological polar surface area (TPSA) is 26.0 Å². The average Bonchev–Trinajstić information content (AvgIpc) is 1.64. The molecular weight excluding hydrogens is 124 g/mol. The Morgan fingerprint density at radius 3 is 2.33 bits per heavy atom. The lowest BCUT2D eigenvalue weighted by atomic mass is 10.1. The molecule has 0 amide bonds. The van der Waals surface area contributed by atoms with Crippen molar-refractivity contribution in [1.29, 1.82) is 0 Å². The van der Waals surface area contributed by atoms with Crippen molar-refractivity contribution in [3.63, 3.8) is 0 Å². The lowest BCUT2D eigenvalue weighted by Crippen LogP contribution is -2.37. The minimum atomic E-state index is -2.85. The molecule has 0 aliphatic carbocycles. The Balaban J connectivity index is 3.76. The van der Waals surface area contributed by atoms with Crippen LogP contribution >= 0.6 is 0 Å². The van der Waals surface area contributed by atoms with E-state index in [2.05, 4.69) is 5.92 Å². The van der Waals surface area contributed by atoms with Gasteiger partial charge in [-0.3, -0.25) is 0 Å². The Bertz CT molecular complexity index is 120. The zero-order chi connectivity index (χ0) is 7.49. The molecule has 0 saturated heterocycles. The van der Waals surface area contributed by atoms with E-state index in [4.69, 9.17) is 12.2 Å². The summed E-state index contributed by atoms with van der Waals surface area (Å²) in [4.78, 5) is 0. The number of terminal acetylenes is 1. The molecule has 0 heterocycles. The zero-order valence-electron chi connectivity index (χ0n) is 5.20. The monoisotopic (exact) mass is 133 g/mol. The van der Waals surface area contributed by atoms with Gasteiger partial charge in [-0.1, -0.05) is 0 Å². The molecule has 1 atom stereocenters. The second-order valence-corrected chi connectivity index (χ2v) is 1.97. The quantitative estimate of drug-likeness (QED) is 0.558. The van der Waals surface area contributed by atoms with Crippen LogP contribution < -0.4 is 5.73 Å². The van der Waals surface area contributed by atoms with Crippen LogP contribution in [-0.4, -0.2) is 12.0 Å². The first-order valence-electron chi connectivity index (χ1n) is 2.55. The number of nitrogens with two attached hydrogens (primary N) is 1. The predicted molar refractivity (Wildman–Crippen MR) is 32.0 cm³/mol. The van der Waals surface area contributed by atoms with Crippen LogP contribution in [0, 0.1) is 12.3 Å². The summed E-state index contributed by atoms with van der Waals surface area (Å²) < 4.78 is 24.2. The summed E-state index contributed by atoms with van der Waals surface area (Å²) in [5.74, 6) is -0.786. The minimum Gasteiger partial charge on any atom is -0.322 e. The van der Waals surface area contributed by atoms with Crippen molar-refractivity contribution in [1.82, 2.24) is 0 Å². The van der Waals surface area contributed by atoms with E-state index < -0.39 is 12.0 Å². The van der Waals surface area contributed by atoms with Crippen LogP contribution in [0.4, 0.5) is 8.78 Å². The molecule has 3 heteroatoms. The Morgan fingerprint density at radius 1 is 1.78 bits per heavy atom. The fraction of sp³-hybridized carbons (Fsp3) is 0.667. The molecule has 0 rings (SSSR count). The van der Waals surface area contributed by atoms with E-state index in [1.807, 2.05) is 0 Å². The molecule has 0 aromatic heterocycles. The molecule has 1 unspecified atom stereocenters. The minimum absolute atomic E-state index is 0.0799. The number of hydrogen-bond donors (Lipinski definition) is 1. The Kier molecular flexibility index (Phi) is 2.60. The maximum atomic E-state index is 12.1. The van der Waals surface area contributed by atoms with Crippen LogP contribution in [0.3, 0.4) is 0 Å². The van der Waals surface area contributed by atoms with Crippen LogP contribution in [0.25, 0.3) is 0 Å². The molecule has 2 N–H and O–H groups in total. The first-order valence-corrected chi connectivity index (χ1v) is 2.55. The van der Waals surface area contributed by atoms with Gasteiger partial charge in [0.2, 0.25) is 0 Å². The first-order chi connectivity index (χ1) is 3.98. The largest absolute Gasteiger partial charge is 0.322 e. The third-order valence-corrected chi connectivity index (χ3v) is 0.989. The molecule has 0 fully saturated rings.